The summed E-state index contributed by atoms with van der Waals surface area (Å²) in [6.45, 7) is 14.0. The van der Waals surface area contributed by atoms with Crippen LogP contribution in [0.5, 0.6) is 0 Å². The summed E-state index contributed by atoms with van der Waals surface area (Å²) in [4.78, 5) is 23.5. The van der Waals surface area contributed by atoms with E-state index in [1.54, 1.807) is 13.8 Å². The van der Waals surface area contributed by atoms with Gasteiger partial charge in [0.05, 0.1) is 5.92 Å². The van der Waals surface area contributed by atoms with E-state index in [1.165, 1.54) is 0 Å². The van der Waals surface area contributed by atoms with Crippen LogP contribution in [0.25, 0.3) is 0 Å². The number of rotatable bonds is 7. The number of carboxylic acid groups (broad SMARTS) is 2. The molecule has 0 heterocycles. The Bertz CT molecular complexity index is 517. The fourth-order valence-corrected chi connectivity index (χ4v) is 5.04. The minimum absolute atomic E-state index is 0.0820. The fourth-order valence-electron chi connectivity index (χ4n) is 3.62. The lowest BCUT2D eigenvalue weighted by atomic mass is 9.67. The monoisotopic (exact) mass is 388 g/mol. The van der Waals surface area contributed by atoms with Crippen molar-refractivity contribution in [1.29, 1.82) is 0 Å². The van der Waals surface area contributed by atoms with Gasteiger partial charge >= 0.3 is 11.9 Å². The Morgan fingerprint density at radius 2 is 1.50 bits per heavy atom. The predicted molar refractivity (Wildman–Crippen MR) is 103 cm³/mol. The number of aliphatic carboxylic acids is 2. The Morgan fingerprint density at radius 3 is 1.81 bits per heavy atom. The van der Waals surface area contributed by atoms with Crippen molar-refractivity contribution in [3.05, 3.63) is 0 Å². The van der Waals surface area contributed by atoms with Gasteiger partial charge in [0.25, 0.3) is 0 Å². The summed E-state index contributed by atoms with van der Waals surface area (Å²) in [5.74, 6) is -5.07. The van der Waals surface area contributed by atoms with Crippen LogP contribution in [0.3, 0.4) is 0 Å². The first-order valence-corrected chi connectivity index (χ1v) is 12.4. The lowest BCUT2D eigenvalue weighted by molar-refractivity contribution is -0.186. The molecule has 2 atom stereocenters. The van der Waals surface area contributed by atoms with Crippen LogP contribution in [-0.2, 0) is 14.0 Å². The van der Waals surface area contributed by atoms with E-state index in [0.717, 1.165) is 0 Å². The highest BCUT2D eigenvalue weighted by Crippen LogP contribution is 2.43. The third kappa shape index (κ3) is 4.67. The minimum atomic E-state index is -2.26. The minimum Gasteiger partial charge on any atom is -0.481 e. The maximum Gasteiger partial charge on any atom is 0.336 e. The number of carboxylic acids is 2. The molecular formula is C19H36O6Si. The lowest BCUT2D eigenvalue weighted by Crippen LogP contribution is -2.56. The summed E-state index contributed by atoms with van der Waals surface area (Å²) >= 11 is 0. The molecule has 0 saturated heterocycles. The first-order chi connectivity index (χ1) is 11.6. The quantitative estimate of drug-likeness (QED) is 0.574. The lowest BCUT2D eigenvalue weighted by Gasteiger charge is -2.43. The van der Waals surface area contributed by atoms with E-state index in [2.05, 4.69) is 33.9 Å². The van der Waals surface area contributed by atoms with E-state index in [-0.39, 0.29) is 17.1 Å². The van der Waals surface area contributed by atoms with E-state index < -0.39 is 37.7 Å². The second-order valence-electron chi connectivity index (χ2n) is 9.52. The molecule has 0 spiro atoms. The molecule has 1 saturated carbocycles. The Balaban J connectivity index is 2.90. The SMILES string of the molecule is CC(C)C(O)(C(=O)O)C(C(=O)O)[C@H]1CC[C@H](O[Si](C)(C)C(C)(C)C)CC1. The first kappa shape index (κ1) is 23.1. The molecule has 26 heavy (non-hydrogen) atoms. The molecule has 0 amide bonds. The molecule has 3 N–H and O–H groups in total. The molecule has 0 aliphatic heterocycles. The van der Waals surface area contributed by atoms with Gasteiger partial charge in [0.1, 0.15) is 0 Å². The van der Waals surface area contributed by atoms with Gasteiger partial charge in [0, 0.05) is 6.10 Å². The van der Waals surface area contributed by atoms with Crippen LogP contribution in [0.15, 0.2) is 0 Å². The van der Waals surface area contributed by atoms with Gasteiger partial charge in [0.2, 0.25) is 0 Å². The zero-order chi connectivity index (χ0) is 20.5. The number of aliphatic hydroxyl groups is 1. The largest absolute Gasteiger partial charge is 0.481 e. The van der Waals surface area contributed by atoms with E-state index in [4.69, 9.17) is 4.43 Å². The van der Waals surface area contributed by atoms with Crippen LogP contribution in [0.4, 0.5) is 0 Å². The van der Waals surface area contributed by atoms with Crippen molar-refractivity contribution in [3.8, 4) is 0 Å². The zero-order valence-corrected chi connectivity index (χ0v) is 18.2. The van der Waals surface area contributed by atoms with Crippen LogP contribution in [-0.4, -0.2) is 47.3 Å². The van der Waals surface area contributed by atoms with Crippen molar-refractivity contribution in [2.24, 2.45) is 17.8 Å². The summed E-state index contributed by atoms with van der Waals surface area (Å²) in [5, 5.41) is 30.0. The van der Waals surface area contributed by atoms with Crippen molar-refractivity contribution in [2.75, 3.05) is 0 Å². The average molecular weight is 389 g/mol. The van der Waals surface area contributed by atoms with Crippen molar-refractivity contribution in [2.45, 2.75) is 90.1 Å². The third-order valence-corrected chi connectivity index (χ3v) is 11.0. The number of hydrogen-bond donors (Lipinski definition) is 3. The Morgan fingerprint density at radius 1 is 1.04 bits per heavy atom. The zero-order valence-electron chi connectivity index (χ0n) is 17.2. The molecule has 0 aromatic carbocycles. The maximum atomic E-state index is 11.8. The molecule has 0 aromatic rings. The summed E-state index contributed by atoms with van der Waals surface area (Å²) in [7, 11) is -1.90. The second kappa shape index (κ2) is 7.98. The summed E-state index contributed by atoms with van der Waals surface area (Å²) in [6, 6.07) is 0. The van der Waals surface area contributed by atoms with Crippen molar-refractivity contribution >= 4 is 20.3 Å². The van der Waals surface area contributed by atoms with E-state index in [9.17, 15) is 24.9 Å². The standard InChI is InChI=1S/C19H36O6Si/c1-12(2)19(24,17(22)23)15(16(20)21)13-8-10-14(11-9-13)25-26(6,7)18(3,4)5/h12-15,24H,8-11H2,1-7H3,(H,20,21)(H,22,23)/t13-,14-,15?,19?. The molecule has 2 unspecified atom stereocenters. The summed E-state index contributed by atoms with van der Waals surface area (Å²) in [6.07, 6.45) is 2.60. The van der Waals surface area contributed by atoms with Gasteiger partial charge in [-0.1, -0.05) is 34.6 Å². The van der Waals surface area contributed by atoms with Gasteiger partial charge in [-0.05, 0) is 55.7 Å². The summed E-state index contributed by atoms with van der Waals surface area (Å²) in [5.41, 5.74) is -2.26. The predicted octanol–water partition coefficient (Wildman–Crippen LogP) is 3.74. The molecular weight excluding hydrogens is 352 g/mol. The average Bonchev–Trinajstić information content (AvgIpc) is 2.46. The molecule has 1 rings (SSSR count). The summed E-state index contributed by atoms with van der Waals surface area (Å²) < 4.78 is 6.42. The Labute approximate surface area is 158 Å². The maximum absolute atomic E-state index is 11.8. The Hall–Kier alpha value is -0.923. The molecule has 0 aromatic heterocycles. The fraction of sp³-hybridized carbons (Fsp3) is 0.895. The van der Waals surface area contributed by atoms with Gasteiger partial charge in [0.15, 0.2) is 13.9 Å². The molecule has 0 radical (unpaired) electrons. The van der Waals surface area contributed by atoms with Gasteiger partial charge in [-0.15, -0.1) is 0 Å². The van der Waals surface area contributed by atoms with Gasteiger partial charge < -0.3 is 19.7 Å². The third-order valence-electron chi connectivity index (χ3n) is 6.42. The van der Waals surface area contributed by atoms with Crippen LogP contribution < -0.4 is 0 Å². The molecule has 1 aliphatic rings. The Kier molecular flexibility index (Phi) is 7.10. The molecule has 7 heteroatoms. The van der Waals surface area contributed by atoms with Crippen LogP contribution in [0, 0.1) is 17.8 Å². The van der Waals surface area contributed by atoms with E-state index in [1.807, 2.05) is 0 Å². The molecule has 1 fully saturated rings. The first-order valence-electron chi connectivity index (χ1n) is 9.51. The number of hydrogen-bond acceptors (Lipinski definition) is 4. The molecule has 1 aliphatic carbocycles. The second-order valence-corrected chi connectivity index (χ2v) is 14.3. The topological polar surface area (TPSA) is 104 Å². The van der Waals surface area contributed by atoms with Crippen molar-refractivity contribution in [3.63, 3.8) is 0 Å². The van der Waals surface area contributed by atoms with E-state index >= 15 is 0 Å². The number of carbonyl (C=O) groups is 2. The highest BCUT2D eigenvalue weighted by molar-refractivity contribution is 6.74. The van der Waals surface area contributed by atoms with Crippen molar-refractivity contribution in [1.82, 2.24) is 0 Å². The van der Waals surface area contributed by atoms with Crippen LogP contribution in [0.2, 0.25) is 18.1 Å². The highest BCUT2D eigenvalue weighted by atomic mass is 28.4. The van der Waals surface area contributed by atoms with Crippen molar-refractivity contribution < 1.29 is 29.3 Å². The van der Waals surface area contributed by atoms with Gasteiger partial charge in [-0.3, -0.25) is 4.79 Å². The smallest absolute Gasteiger partial charge is 0.336 e. The van der Waals surface area contributed by atoms with E-state index in [0.29, 0.717) is 25.7 Å². The van der Waals surface area contributed by atoms with Crippen LogP contribution in [0.1, 0.15) is 60.3 Å². The normalized spacial score (nSPS) is 25.6. The molecule has 0 bridgehead atoms. The van der Waals surface area contributed by atoms with Crippen LogP contribution >= 0.6 is 0 Å². The van der Waals surface area contributed by atoms with Gasteiger partial charge in [-0.2, -0.15) is 0 Å². The molecule has 6 nitrogen and oxygen atoms in total. The molecule has 152 valence electrons. The highest BCUT2D eigenvalue weighted by Gasteiger charge is 2.54. The van der Waals surface area contributed by atoms with Gasteiger partial charge in [-0.25, -0.2) is 4.79 Å².